The maximum Gasteiger partial charge on any atom is 0.255 e. The van der Waals surface area contributed by atoms with Gasteiger partial charge in [-0.05, 0) is 71.0 Å². The zero-order chi connectivity index (χ0) is 20.6. The molecule has 0 heterocycles. The van der Waals surface area contributed by atoms with Crippen LogP contribution in [0.5, 0.6) is 5.75 Å². The Morgan fingerprint density at radius 3 is 2.31 bits per heavy atom. The van der Waals surface area contributed by atoms with E-state index in [1.165, 1.54) is 0 Å². The number of rotatable bonds is 7. The van der Waals surface area contributed by atoms with E-state index in [1.807, 2.05) is 30.3 Å². The summed E-state index contributed by atoms with van der Waals surface area (Å²) in [6.07, 6.45) is 1.07. The Balaban J connectivity index is 1.59. The monoisotopic (exact) mass is 500 g/mol. The zero-order valence-corrected chi connectivity index (χ0v) is 18.1. The Hall–Kier alpha value is -2.87. The molecule has 0 aromatic heterocycles. The first kappa shape index (κ1) is 20.9. The minimum absolute atomic E-state index is 0.0676. The molecule has 0 saturated carbocycles. The minimum Gasteiger partial charge on any atom is -0.496 e. The average Bonchev–Trinajstić information content (AvgIpc) is 2.73. The second kappa shape index (κ2) is 10.1. The highest BCUT2D eigenvalue weighted by atomic mass is 127. The molecule has 0 saturated heterocycles. The Kier molecular flexibility index (Phi) is 7.24. The van der Waals surface area contributed by atoms with Gasteiger partial charge in [-0.3, -0.25) is 9.59 Å². The maximum absolute atomic E-state index is 12.5. The smallest absolute Gasteiger partial charge is 0.255 e. The summed E-state index contributed by atoms with van der Waals surface area (Å²) < 4.78 is 6.08. The van der Waals surface area contributed by atoms with Crippen LogP contribution in [0.3, 0.4) is 0 Å². The van der Waals surface area contributed by atoms with E-state index in [0.717, 1.165) is 14.9 Å². The molecule has 0 aliphatic heterocycles. The van der Waals surface area contributed by atoms with Crippen molar-refractivity contribution in [3.8, 4) is 5.75 Å². The number of carbonyl (C=O) groups is 2. The van der Waals surface area contributed by atoms with Crippen molar-refractivity contribution in [2.45, 2.75) is 12.8 Å². The van der Waals surface area contributed by atoms with Crippen LogP contribution in [0.15, 0.2) is 72.8 Å². The summed E-state index contributed by atoms with van der Waals surface area (Å²) in [6, 6.07) is 22.2. The molecule has 29 heavy (non-hydrogen) atoms. The van der Waals surface area contributed by atoms with Crippen LogP contribution < -0.4 is 15.4 Å². The fourth-order valence-corrected chi connectivity index (χ4v) is 3.55. The van der Waals surface area contributed by atoms with Crippen molar-refractivity contribution in [3.63, 3.8) is 0 Å². The number of benzene rings is 3. The average molecular weight is 500 g/mol. The van der Waals surface area contributed by atoms with Crippen molar-refractivity contribution in [2.75, 3.05) is 17.7 Å². The molecule has 0 atom stereocenters. The molecular weight excluding hydrogens is 479 g/mol. The molecule has 0 aliphatic rings. The van der Waals surface area contributed by atoms with Crippen molar-refractivity contribution >= 4 is 45.8 Å². The third-order valence-electron chi connectivity index (χ3n) is 4.30. The van der Waals surface area contributed by atoms with Gasteiger partial charge in [-0.25, -0.2) is 0 Å². The van der Waals surface area contributed by atoms with Crippen LogP contribution in [0.25, 0.3) is 0 Å². The third kappa shape index (κ3) is 6.05. The highest BCUT2D eigenvalue weighted by molar-refractivity contribution is 14.1. The quantitative estimate of drug-likeness (QED) is 0.443. The van der Waals surface area contributed by atoms with Crippen LogP contribution in [-0.4, -0.2) is 18.9 Å². The lowest BCUT2D eigenvalue weighted by molar-refractivity contribution is -0.116. The van der Waals surface area contributed by atoms with Crippen molar-refractivity contribution in [1.82, 2.24) is 0 Å². The standard InChI is InChI=1S/C23H21IN2O3/c1-29-21-12-11-17(14-20(21)24)23(28)26-19-9-5-8-18(15-19)25-22(27)13-10-16-6-3-2-4-7-16/h2-9,11-12,14-15H,10,13H2,1H3,(H,25,27)(H,26,28). The highest BCUT2D eigenvalue weighted by Gasteiger charge is 2.10. The fraction of sp³-hybridized carbons (Fsp3) is 0.130. The zero-order valence-electron chi connectivity index (χ0n) is 15.9. The van der Waals surface area contributed by atoms with Gasteiger partial charge in [-0.15, -0.1) is 0 Å². The number of amides is 2. The number of nitrogens with one attached hydrogen (secondary N) is 2. The summed E-state index contributed by atoms with van der Waals surface area (Å²) in [5.41, 5.74) is 2.91. The van der Waals surface area contributed by atoms with E-state index in [-0.39, 0.29) is 11.8 Å². The van der Waals surface area contributed by atoms with Gasteiger partial charge in [0.15, 0.2) is 0 Å². The van der Waals surface area contributed by atoms with E-state index in [9.17, 15) is 9.59 Å². The van der Waals surface area contributed by atoms with Crippen LogP contribution in [0.4, 0.5) is 11.4 Å². The van der Waals surface area contributed by atoms with Gasteiger partial charge in [0, 0.05) is 23.4 Å². The van der Waals surface area contributed by atoms with Crippen molar-refractivity contribution in [2.24, 2.45) is 0 Å². The molecule has 3 aromatic carbocycles. The molecule has 0 fully saturated rings. The van der Waals surface area contributed by atoms with E-state index in [4.69, 9.17) is 4.74 Å². The topological polar surface area (TPSA) is 67.4 Å². The van der Waals surface area contributed by atoms with Crippen LogP contribution in [0.2, 0.25) is 0 Å². The molecule has 0 aliphatic carbocycles. The largest absolute Gasteiger partial charge is 0.496 e. The number of aryl methyl sites for hydroxylation is 1. The third-order valence-corrected chi connectivity index (χ3v) is 5.14. The lowest BCUT2D eigenvalue weighted by atomic mass is 10.1. The van der Waals surface area contributed by atoms with E-state index < -0.39 is 0 Å². The van der Waals surface area contributed by atoms with Crippen LogP contribution in [0, 0.1) is 3.57 Å². The molecule has 0 unspecified atom stereocenters. The molecule has 3 aromatic rings. The molecule has 0 spiro atoms. The molecule has 2 N–H and O–H groups in total. The second-order valence-corrected chi connectivity index (χ2v) is 7.58. The number of methoxy groups -OCH3 is 1. The number of hydrogen-bond acceptors (Lipinski definition) is 3. The molecule has 0 bridgehead atoms. The van der Waals surface area contributed by atoms with E-state index in [0.29, 0.717) is 29.8 Å². The second-order valence-electron chi connectivity index (χ2n) is 6.42. The minimum atomic E-state index is -0.224. The first-order chi connectivity index (χ1) is 14.0. The maximum atomic E-state index is 12.5. The summed E-state index contributed by atoms with van der Waals surface area (Å²) in [6.45, 7) is 0. The van der Waals surface area contributed by atoms with E-state index in [1.54, 1.807) is 49.6 Å². The summed E-state index contributed by atoms with van der Waals surface area (Å²) in [7, 11) is 1.59. The van der Waals surface area contributed by atoms with Crippen molar-refractivity contribution in [1.29, 1.82) is 0 Å². The molecule has 148 valence electrons. The molecular formula is C23H21IN2O3. The van der Waals surface area contributed by atoms with Gasteiger partial charge in [-0.1, -0.05) is 36.4 Å². The Morgan fingerprint density at radius 1 is 0.897 bits per heavy atom. The summed E-state index contributed by atoms with van der Waals surface area (Å²) >= 11 is 2.13. The van der Waals surface area contributed by atoms with Gasteiger partial charge in [0.25, 0.3) is 5.91 Å². The number of anilines is 2. The van der Waals surface area contributed by atoms with Crippen molar-refractivity contribution < 1.29 is 14.3 Å². The Labute approximate surface area is 183 Å². The lowest BCUT2D eigenvalue weighted by Gasteiger charge is -2.10. The first-order valence-corrected chi connectivity index (χ1v) is 10.2. The Bertz CT molecular complexity index is 1010. The summed E-state index contributed by atoms with van der Waals surface area (Å²) in [5, 5.41) is 5.74. The molecule has 3 rings (SSSR count). The number of halogens is 1. The molecule has 0 radical (unpaired) electrons. The predicted molar refractivity (Wildman–Crippen MR) is 123 cm³/mol. The summed E-state index contributed by atoms with van der Waals surface area (Å²) in [5.74, 6) is 0.433. The molecule has 2 amide bonds. The predicted octanol–water partition coefficient (Wildman–Crippen LogP) is 5.12. The number of carbonyl (C=O) groups excluding carboxylic acids is 2. The van der Waals surface area contributed by atoms with Gasteiger partial charge in [0.1, 0.15) is 5.75 Å². The lowest BCUT2D eigenvalue weighted by Crippen LogP contribution is -2.14. The molecule has 5 nitrogen and oxygen atoms in total. The first-order valence-electron chi connectivity index (χ1n) is 9.14. The fourth-order valence-electron chi connectivity index (χ4n) is 2.81. The molecule has 6 heteroatoms. The van der Waals surface area contributed by atoms with E-state index >= 15 is 0 Å². The van der Waals surface area contributed by atoms with Gasteiger partial charge in [-0.2, -0.15) is 0 Å². The van der Waals surface area contributed by atoms with E-state index in [2.05, 4.69) is 33.2 Å². The van der Waals surface area contributed by atoms with Crippen molar-refractivity contribution in [3.05, 3.63) is 87.5 Å². The SMILES string of the molecule is COc1ccc(C(=O)Nc2cccc(NC(=O)CCc3ccccc3)c2)cc1I. The summed E-state index contributed by atoms with van der Waals surface area (Å²) in [4.78, 5) is 24.7. The van der Waals surface area contributed by atoms with Crippen LogP contribution in [-0.2, 0) is 11.2 Å². The Morgan fingerprint density at radius 2 is 1.62 bits per heavy atom. The van der Waals surface area contributed by atoms with Crippen LogP contribution >= 0.6 is 22.6 Å². The van der Waals surface area contributed by atoms with Gasteiger partial charge in [0.05, 0.1) is 10.7 Å². The van der Waals surface area contributed by atoms with Crippen LogP contribution in [0.1, 0.15) is 22.3 Å². The normalized spacial score (nSPS) is 10.3. The highest BCUT2D eigenvalue weighted by Crippen LogP contribution is 2.23. The number of hydrogen-bond donors (Lipinski definition) is 2. The number of ether oxygens (including phenoxy) is 1. The van der Waals surface area contributed by atoms with Gasteiger partial charge < -0.3 is 15.4 Å². The van der Waals surface area contributed by atoms with Gasteiger partial charge in [0.2, 0.25) is 5.91 Å². The van der Waals surface area contributed by atoms with Gasteiger partial charge >= 0.3 is 0 Å².